The van der Waals surface area contributed by atoms with Crippen LogP contribution < -0.4 is 16.0 Å². The molecule has 12 nitrogen and oxygen atoms in total. The van der Waals surface area contributed by atoms with Crippen LogP contribution in [0.25, 0.3) is 11.0 Å². The highest BCUT2D eigenvalue weighted by Crippen LogP contribution is 2.27. The molecular weight excluding hydrogens is 470 g/mol. The molecule has 192 valence electrons. The number of nitrogens with one attached hydrogen (secondary N) is 3. The van der Waals surface area contributed by atoms with E-state index in [9.17, 15) is 4.79 Å². The van der Waals surface area contributed by atoms with Crippen LogP contribution in [-0.2, 0) is 7.05 Å². The van der Waals surface area contributed by atoms with Gasteiger partial charge in [-0.1, -0.05) is 12.8 Å². The number of carbonyl (C=O) groups excluding carboxylic acids is 1. The van der Waals surface area contributed by atoms with E-state index in [4.69, 9.17) is 0 Å². The molecule has 1 fully saturated rings. The molecule has 3 N–H and O–H groups in total. The van der Waals surface area contributed by atoms with E-state index < -0.39 is 0 Å². The summed E-state index contributed by atoms with van der Waals surface area (Å²) in [7, 11) is 3.95. The molecule has 4 heterocycles. The standard InChI is InChI=1S/C25H31N11O/c1-16-21(10-17(11-29-16)24(37)28-8-9-35(2)19-6-4-5-7-19)32-22-20-14-30-25(33-23(20)36(3)34-22)31-18-12-26-15-27-13-18/h10-15,19H,4-9H2,1-3H3,(H,28,37)(H,32,34)(H,30,31,33). The van der Waals surface area contributed by atoms with Crippen molar-refractivity contribution in [1.29, 1.82) is 0 Å². The molecule has 4 aromatic heterocycles. The smallest absolute Gasteiger partial charge is 0.252 e. The number of hydrogen-bond donors (Lipinski definition) is 3. The molecule has 0 bridgehead atoms. The van der Waals surface area contributed by atoms with E-state index in [1.807, 2.05) is 14.0 Å². The molecule has 1 saturated carbocycles. The maximum atomic E-state index is 12.8. The van der Waals surface area contributed by atoms with Gasteiger partial charge in [-0.2, -0.15) is 10.1 Å². The molecule has 1 aliphatic rings. The molecule has 0 spiro atoms. The van der Waals surface area contributed by atoms with Crippen molar-refractivity contribution in [3.8, 4) is 0 Å². The van der Waals surface area contributed by atoms with E-state index in [-0.39, 0.29) is 5.91 Å². The van der Waals surface area contributed by atoms with Crippen LogP contribution in [0.15, 0.2) is 37.2 Å². The van der Waals surface area contributed by atoms with Gasteiger partial charge in [0.1, 0.15) is 6.33 Å². The zero-order chi connectivity index (χ0) is 25.8. The number of nitrogens with zero attached hydrogens (tertiary/aromatic N) is 8. The van der Waals surface area contributed by atoms with Crippen molar-refractivity contribution < 1.29 is 4.79 Å². The summed E-state index contributed by atoms with van der Waals surface area (Å²) >= 11 is 0. The van der Waals surface area contributed by atoms with Crippen LogP contribution in [0, 0.1) is 6.92 Å². The Kier molecular flexibility index (Phi) is 7.17. The average Bonchev–Trinajstić information content (AvgIpc) is 3.55. The van der Waals surface area contributed by atoms with Gasteiger partial charge in [0, 0.05) is 38.6 Å². The first-order valence-corrected chi connectivity index (χ1v) is 12.4. The number of hydrogen-bond acceptors (Lipinski definition) is 10. The summed E-state index contributed by atoms with van der Waals surface area (Å²) in [5, 5.41) is 14.7. The Morgan fingerprint density at radius 2 is 1.89 bits per heavy atom. The van der Waals surface area contributed by atoms with Gasteiger partial charge >= 0.3 is 0 Å². The predicted octanol–water partition coefficient (Wildman–Crippen LogP) is 2.95. The number of anilines is 4. The van der Waals surface area contributed by atoms with Gasteiger partial charge in [0.15, 0.2) is 11.5 Å². The van der Waals surface area contributed by atoms with Crippen molar-refractivity contribution in [3.05, 3.63) is 48.4 Å². The number of pyridine rings is 1. The Morgan fingerprint density at radius 1 is 1.11 bits per heavy atom. The van der Waals surface area contributed by atoms with E-state index in [0.29, 0.717) is 46.9 Å². The molecule has 37 heavy (non-hydrogen) atoms. The fraction of sp³-hybridized carbons (Fsp3) is 0.400. The topological polar surface area (TPSA) is 139 Å². The number of carbonyl (C=O) groups is 1. The van der Waals surface area contributed by atoms with Crippen LogP contribution in [0.2, 0.25) is 0 Å². The first-order chi connectivity index (χ1) is 18.0. The zero-order valence-corrected chi connectivity index (χ0v) is 21.3. The molecular formula is C25H31N11O. The second kappa shape index (κ2) is 10.8. The SMILES string of the molecule is Cc1ncc(C(=O)NCCN(C)C2CCCC2)cc1Nc1nn(C)c2nc(Nc3cncnc3)ncc12. The average molecular weight is 502 g/mol. The third kappa shape index (κ3) is 5.64. The molecule has 0 unspecified atom stereocenters. The molecule has 0 saturated heterocycles. The maximum Gasteiger partial charge on any atom is 0.252 e. The van der Waals surface area contributed by atoms with E-state index in [1.165, 1.54) is 32.0 Å². The summed E-state index contributed by atoms with van der Waals surface area (Å²) in [5.74, 6) is 0.838. The van der Waals surface area contributed by atoms with E-state index in [2.05, 4.69) is 57.9 Å². The first-order valence-electron chi connectivity index (χ1n) is 12.4. The van der Waals surface area contributed by atoms with Gasteiger partial charge < -0.3 is 20.9 Å². The monoisotopic (exact) mass is 501 g/mol. The lowest BCUT2D eigenvalue weighted by atomic mass is 10.2. The van der Waals surface area contributed by atoms with Gasteiger partial charge in [-0.25, -0.2) is 19.6 Å². The van der Waals surface area contributed by atoms with Crippen LogP contribution >= 0.6 is 0 Å². The van der Waals surface area contributed by atoms with Crippen LogP contribution in [0.4, 0.5) is 23.1 Å². The van der Waals surface area contributed by atoms with E-state index in [0.717, 1.165) is 17.6 Å². The summed E-state index contributed by atoms with van der Waals surface area (Å²) in [4.78, 5) is 36.5. The lowest BCUT2D eigenvalue weighted by Crippen LogP contribution is -2.37. The van der Waals surface area contributed by atoms with Crippen molar-refractivity contribution in [2.75, 3.05) is 30.8 Å². The minimum Gasteiger partial charge on any atom is -0.351 e. The van der Waals surface area contributed by atoms with Gasteiger partial charge in [0.25, 0.3) is 5.91 Å². The molecule has 0 aliphatic heterocycles. The maximum absolute atomic E-state index is 12.8. The number of likely N-dealkylation sites (N-methyl/N-ethyl adjacent to an activating group) is 1. The second-order valence-electron chi connectivity index (χ2n) is 9.31. The molecule has 12 heteroatoms. The summed E-state index contributed by atoms with van der Waals surface area (Å²) in [6.07, 6.45) is 13.1. The van der Waals surface area contributed by atoms with Crippen LogP contribution in [0.3, 0.4) is 0 Å². The minimum atomic E-state index is -0.148. The highest BCUT2D eigenvalue weighted by Gasteiger charge is 2.19. The molecule has 5 rings (SSSR count). The number of aryl methyl sites for hydroxylation is 2. The summed E-state index contributed by atoms with van der Waals surface area (Å²) in [6.45, 7) is 3.30. The van der Waals surface area contributed by atoms with Crippen LogP contribution in [0.5, 0.6) is 0 Å². The Labute approximate surface area is 215 Å². The summed E-state index contributed by atoms with van der Waals surface area (Å²) < 4.78 is 1.67. The molecule has 1 amide bonds. The summed E-state index contributed by atoms with van der Waals surface area (Å²) in [5.41, 5.74) is 3.26. The van der Waals surface area contributed by atoms with Crippen molar-refractivity contribution in [2.24, 2.45) is 7.05 Å². The predicted molar refractivity (Wildman–Crippen MR) is 141 cm³/mol. The van der Waals surface area contributed by atoms with Gasteiger partial charge in [0.05, 0.1) is 40.4 Å². The fourth-order valence-corrected chi connectivity index (χ4v) is 4.57. The molecule has 4 aromatic rings. The van der Waals surface area contributed by atoms with Crippen molar-refractivity contribution >= 4 is 40.1 Å². The molecule has 0 atom stereocenters. The third-order valence-corrected chi connectivity index (χ3v) is 6.70. The highest BCUT2D eigenvalue weighted by molar-refractivity contribution is 5.96. The first kappa shape index (κ1) is 24.5. The lowest BCUT2D eigenvalue weighted by molar-refractivity contribution is 0.0947. The third-order valence-electron chi connectivity index (χ3n) is 6.70. The largest absolute Gasteiger partial charge is 0.351 e. The number of fused-ring (bicyclic) bond motifs is 1. The zero-order valence-electron chi connectivity index (χ0n) is 21.3. The van der Waals surface area contributed by atoms with Crippen molar-refractivity contribution in [1.82, 2.24) is 44.9 Å². The normalized spacial score (nSPS) is 13.8. The van der Waals surface area contributed by atoms with Crippen molar-refractivity contribution in [3.63, 3.8) is 0 Å². The number of rotatable bonds is 9. The Balaban J connectivity index is 1.27. The van der Waals surface area contributed by atoms with Gasteiger partial charge in [-0.15, -0.1) is 0 Å². The fourth-order valence-electron chi connectivity index (χ4n) is 4.57. The van der Waals surface area contributed by atoms with Crippen LogP contribution in [-0.4, -0.2) is 71.7 Å². The van der Waals surface area contributed by atoms with Gasteiger partial charge in [-0.3, -0.25) is 9.78 Å². The number of amides is 1. The van der Waals surface area contributed by atoms with Crippen LogP contribution in [0.1, 0.15) is 41.7 Å². The summed E-state index contributed by atoms with van der Waals surface area (Å²) in [6, 6.07) is 2.43. The highest BCUT2D eigenvalue weighted by atomic mass is 16.1. The lowest BCUT2D eigenvalue weighted by Gasteiger charge is -2.23. The quantitative estimate of drug-likeness (QED) is 0.314. The minimum absolute atomic E-state index is 0.148. The number of aromatic nitrogens is 7. The van der Waals surface area contributed by atoms with Crippen molar-refractivity contribution in [2.45, 2.75) is 38.6 Å². The van der Waals surface area contributed by atoms with E-state index in [1.54, 1.807) is 35.5 Å². The van der Waals surface area contributed by atoms with Gasteiger partial charge in [0.2, 0.25) is 5.95 Å². The Hall–Kier alpha value is -4.19. The molecule has 0 radical (unpaired) electrons. The molecule has 0 aromatic carbocycles. The molecule has 1 aliphatic carbocycles. The van der Waals surface area contributed by atoms with Gasteiger partial charge in [-0.05, 0) is 32.9 Å². The Bertz CT molecular complexity index is 1380. The Morgan fingerprint density at radius 3 is 2.68 bits per heavy atom. The second-order valence-corrected chi connectivity index (χ2v) is 9.31. The van der Waals surface area contributed by atoms with E-state index >= 15 is 0 Å².